The van der Waals surface area contributed by atoms with Gasteiger partial charge in [-0.15, -0.1) is 0 Å². The Morgan fingerprint density at radius 1 is 1.36 bits per heavy atom. The molecule has 2 N–H and O–H groups in total. The monoisotopic (exact) mass is 212 g/mol. The van der Waals surface area contributed by atoms with Crippen LogP contribution in [-0.4, -0.2) is 4.98 Å². The Morgan fingerprint density at radius 2 is 2.07 bits per heavy atom. The lowest BCUT2D eigenvalue weighted by Gasteiger charge is -2.12. The highest BCUT2D eigenvalue weighted by Crippen LogP contribution is 2.17. The molecule has 0 aliphatic rings. The maximum atomic E-state index is 5.99. The lowest BCUT2D eigenvalue weighted by molar-refractivity contribution is 0.501. The second-order valence-corrected chi connectivity index (χ2v) is 4.42. The first-order valence-corrected chi connectivity index (χ1v) is 5.34. The zero-order valence-corrected chi connectivity index (χ0v) is 9.46. The van der Waals surface area contributed by atoms with Crippen LogP contribution < -0.4 is 5.73 Å². The van der Waals surface area contributed by atoms with Crippen LogP contribution in [0.3, 0.4) is 0 Å². The number of nitrogens with zero attached hydrogens (tertiary/aromatic N) is 1. The molecule has 0 amide bonds. The minimum atomic E-state index is 0.0367. The van der Waals surface area contributed by atoms with Crippen LogP contribution in [-0.2, 0) is 0 Å². The van der Waals surface area contributed by atoms with Gasteiger partial charge >= 0.3 is 0 Å². The van der Waals surface area contributed by atoms with Gasteiger partial charge in [-0.25, -0.2) is 0 Å². The normalized spacial score (nSPS) is 13.2. The van der Waals surface area contributed by atoms with Crippen LogP contribution in [0.4, 0.5) is 0 Å². The molecule has 1 rings (SSSR count). The van der Waals surface area contributed by atoms with Gasteiger partial charge in [0.25, 0.3) is 0 Å². The van der Waals surface area contributed by atoms with Gasteiger partial charge in [0.15, 0.2) is 0 Å². The van der Waals surface area contributed by atoms with E-state index in [2.05, 4.69) is 18.8 Å². The third-order valence-corrected chi connectivity index (χ3v) is 2.41. The molecule has 0 aliphatic heterocycles. The van der Waals surface area contributed by atoms with Crippen molar-refractivity contribution >= 4 is 11.6 Å². The van der Waals surface area contributed by atoms with E-state index in [9.17, 15) is 0 Å². The predicted molar refractivity (Wildman–Crippen MR) is 60.2 cm³/mol. The number of nitrogens with two attached hydrogens (primary N) is 1. The van der Waals surface area contributed by atoms with Gasteiger partial charge in [-0.2, -0.15) is 0 Å². The summed E-state index contributed by atoms with van der Waals surface area (Å²) in [5, 5.41) is 0.657. The standard InChI is InChI=1S/C11H17ClN2/c1-8(2)3-5-10(13)11-6-4-9(12)7-14-11/h4,6-8,10H,3,5,13H2,1-2H3. The van der Waals surface area contributed by atoms with E-state index in [1.807, 2.05) is 12.1 Å². The summed E-state index contributed by atoms with van der Waals surface area (Å²) in [6, 6.07) is 3.77. The highest BCUT2D eigenvalue weighted by molar-refractivity contribution is 6.30. The summed E-state index contributed by atoms with van der Waals surface area (Å²) in [7, 11) is 0. The van der Waals surface area contributed by atoms with Crippen LogP contribution in [0.1, 0.15) is 38.4 Å². The van der Waals surface area contributed by atoms with Gasteiger partial charge in [0.05, 0.1) is 10.7 Å². The summed E-state index contributed by atoms with van der Waals surface area (Å²) in [5.74, 6) is 0.688. The van der Waals surface area contributed by atoms with E-state index >= 15 is 0 Å². The molecule has 14 heavy (non-hydrogen) atoms. The van der Waals surface area contributed by atoms with Crippen LogP contribution in [0.5, 0.6) is 0 Å². The van der Waals surface area contributed by atoms with E-state index in [-0.39, 0.29) is 6.04 Å². The van der Waals surface area contributed by atoms with E-state index in [0.717, 1.165) is 18.5 Å². The Hall–Kier alpha value is -0.600. The Bertz CT molecular complexity index is 269. The number of pyridine rings is 1. The summed E-state index contributed by atoms with van der Waals surface area (Å²) >= 11 is 5.74. The summed E-state index contributed by atoms with van der Waals surface area (Å²) in [4.78, 5) is 4.20. The summed E-state index contributed by atoms with van der Waals surface area (Å²) < 4.78 is 0. The molecule has 0 bridgehead atoms. The number of hydrogen-bond acceptors (Lipinski definition) is 2. The predicted octanol–water partition coefficient (Wildman–Crippen LogP) is 3.17. The molecule has 1 aromatic heterocycles. The van der Waals surface area contributed by atoms with Crippen molar-refractivity contribution in [2.45, 2.75) is 32.7 Å². The average Bonchev–Trinajstić information content (AvgIpc) is 2.15. The van der Waals surface area contributed by atoms with Gasteiger partial charge in [-0.05, 0) is 30.9 Å². The second kappa shape index (κ2) is 5.32. The van der Waals surface area contributed by atoms with Crippen molar-refractivity contribution in [3.63, 3.8) is 0 Å². The molecule has 0 radical (unpaired) electrons. The fraction of sp³-hybridized carbons (Fsp3) is 0.545. The highest BCUT2D eigenvalue weighted by atomic mass is 35.5. The van der Waals surface area contributed by atoms with Crippen LogP contribution in [0.25, 0.3) is 0 Å². The zero-order chi connectivity index (χ0) is 10.6. The Labute approximate surface area is 90.5 Å². The molecule has 78 valence electrons. The van der Waals surface area contributed by atoms with E-state index < -0.39 is 0 Å². The molecular weight excluding hydrogens is 196 g/mol. The molecule has 1 heterocycles. The van der Waals surface area contributed by atoms with Gasteiger partial charge in [0.1, 0.15) is 0 Å². The zero-order valence-electron chi connectivity index (χ0n) is 8.70. The molecule has 2 nitrogen and oxygen atoms in total. The van der Waals surface area contributed by atoms with Gasteiger partial charge < -0.3 is 5.73 Å². The molecular formula is C11H17ClN2. The van der Waals surface area contributed by atoms with Crippen molar-refractivity contribution < 1.29 is 0 Å². The first kappa shape index (κ1) is 11.5. The molecule has 1 unspecified atom stereocenters. The lowest BCUT2D eigenvalue weighted by atomic mass is 10.0. The number of halogens is 1. The lowest BCUT2D eigenvalue weighted by Crippen LogP contribution is -2.12. The quantitative estimate of drug-likeness (QED) is 0.833. The van der Waals surface area contributed by atoms with Gasteiger partial charge in [0.2, 0.25) is 0 Å². The summed E-state index contributed by atoms with van der Waals surface area (Å²) in [5.41, 5.74) is 6.91. The summed E-state index contributed by atoms with van der Waals surface area (Å²) in [6.45, 7) is 4.39. The fourth-order valence-corrected chi connectivity index (χ4v) is 1.38. The average molecular weight is 213 g/mol. The van der Waals surface area contributed by atoms with Crippen LogP contribution in [0, 0.1) is 5.92 Å². The molecule has 1 atom stereocenters. The van der Waals surface area contributed by atoms with E-state index in [1.54, 1.807) is 6.20 Å². The van der Waals surface area contributed by atoms with E-state index in [1.165, 1.54) is 0 Å². The third kappa shape index (κ3) is 3.64. The van der Waals surface area contributed by atoms with Crippen molar-refractivity contribution in [3.05, 3.63) is 29.0 Å². The first-order chi connectivity index (χ1) is 6.59. The first-order valence-electron chi connectivity index (χ1n) is 4.96. The Kier molecular flexibility index (Phi) is 4.36. The fourth-order valence-electron chi connectivity index (χ4n) is 1.27. The molecule has 0 saturated heterocycles. The minimum absolute atomic E-state index is 0.0367. The molecule has 0 aromatic carbocycles. The molecule has 0 fully saturated rings. The van der Waals surface area contributed by atoms with Crippen molar-refractivity contribution in [2.24, 2.45) is 11.7 Å². The van der Waals surface area contributed by atoms with Crippen molar-refractivity contribution in [2.75, 3.05) is 0 Å². The molecule has 0 spiro atoms. The molecule has 1 aromatic rings. The van der Waals surface area contributed by atoms with Gasteiger partial charge in [-0.3, -0.25) is 4.98 Å². The van der Waals surface area contributed by atoms with E-state index in [4.69, 9.17) is 17.3 Å². The van der Waals surface area contributed by atoms with Crippen LogP contribution >= 0.6 is 11.6 Å². The van der Waals surface area contributed by atoms with Crippen LogP contribution in [0.2, 0.25) is 5.02 Å². The topological polar surface area (TPSA) is 38.9 Å². The van der Waals surface area contributed by atoms with E-state index in [0.29, 0.717) is 10.9 Å². The van der Waals surface area contributed by atoms with Gasteiger partial charge in [0, 0.05) is 12.2 Å². The number of aromatic nitrogens is 1. The highest BCUT2D eigenvalue weighted by Gasteiger charge is 2.07. The smallest absolute Gasteiger partial charge is 0.0589 e. The van der Waals surface area contributed by atoms with Crippen molar-refractivity contribution in [3.8, 4) is 0 Å². The maximum Gasteiger partial charge on any atom is 0.0589 e. The Morgan fingerprint density at radius 3 is 2.57 bits per heavy atom. The van der Waals surface area contributed by atoms with Crippen molar-refractivity contribution in [1.82, 2.24) is 4.98 Å². The van der Waals surface area contributed by atoms with Gasteiger partial charge in [-0.1, -0.05) is 25.4 Å². The minimum Gasteiger partial charge on any atom is -0.323 e. The number of hydrogen-bond donors (Lipinski definition) is 1. The molecule has 0 saturated carbocycles. The number of rotatable bonds is 4. The van der Waals surface area contributed by atoms with Crippen molar-refractivity contribution in [1.29, 1.82) is 0 Å². The third-order valence-electron chi connectivity index (χ3n) is 2.19. The Balaban J connectivity index is 2.52. The molecule has 3 heteroatoms. The second-order valence-electron chi connectivity index (χ2n) is 3.98. The SMILES string of the molecule is CC(C)CCC(N)c1ccc(Cl)cn1. The molecule has 0 aliphatic carbocycles. The summed E-state index contributed by atoms with van der Waals surface area (Å²) in [6.07, 6.45) is 3.75. The maximum absolute atomic E-state index is 5.99. The largest absolute Gasteiger partial charge is 0.323 e. The van der Waals surface area contributed by atoms with Crippen LogP contribution in [0.15, 0.2) is 18.3 Å².